The standard InChI is InChI=1S/C21H12F2N6S/c22-21(23)29-8-7-16(28-29)19-18(14-5-6-15-17(9-14)30-11-25-15)26-20(27-19)13-3-1-12(10-24)2-4-13/h1-9,11,21H,(H,26,27). The number of hydrogen-bond donors (Lipinski definition) is 1. The second kappa shape index (κ2) is 7.17. The number of fused-ring (bicyclic) bond motifs is 1. The molecule has 0 unspecified atom stereocenters. The lowest BCUT2D eigenvalue weighted by Gasteiger charge is -2.02. The maximum atomic E-state index is 13.0. The molecule has 0 aliphatic rings. The number of hydrogen-bond acceptors (Lipinski definition) is 5. The number of H-pyrrole nitrogens is 1. The molecule has 30 heavy (non-hydrogen) atoms. The molecule has 3 heterocycles. The van der Waals surface area contributed by atoms with Gasteiger partial charge < -0.3 is 4.98 Å². The fourth-order valence-corrected chi connectivity index (χ4v) is 3.91. The van der Waals surface area contributed by atoms with E-state index >= 15 is 0 Å². The first-order valence-electron chi connectivity index (χ1n) is 8.90. The zero-order chi connectivity index (χ0) is 20.7. The number of halogens is 2. The van der Waals surface area contributed by atoms with Crippen LogP contribution in [0.25, 0.3) is 44.2 Å². The lowest BCUT2D eigenvalue weighted by molar-refractivity contribution is 0.0568. The Labute approximate surface area is 173 Å². The summed E-state index contributed by atoms with van der Waals surface area (Å²) in [6.07, 6.45) is 1.23. The molecule has 0 saturated heterocycles. The minimum absolute atomic E-state index is 0.339. The zero-order valence-corrected chi connectivity index (χ0v) is 16.1. The average molecular weight is 418 g/mol. The van der Waals surface area contributed by atoms with E-state index in [1.54, 1.807) is 29.8 Å². The Bertz CT molecular complexity index is 1390. The molecular formula is C21H12F2N6S. The summed E-state index contributed by atoms with van der Waals surface area (Å²) in [5.74, 6) is 0.556. The average Bonchev–Trinajstić information content (AvgIpc) is 3.51. The van der Waals surface area contributed by atoms with Crippen molar-refractivity contribution in [3.05, 3.63) is 65.8 Å². The van der Waals surface area contributed by atoms with Gasteiger partial charge in [-0.2, -0.15) is 19.1 Å². The van der Waals surface area contributed by atoms with Crippen molar-refractivity contribution in [3.63, 3.8) is 0 Å². The third-order valence-corrected chi connectivity index (χ3v) is 5.45. The SMILES string of the molecule is N#Cc1ccc(-c2nc(-c3ccn(C(F)F)n3)c(-c3ccc4ncsc4c3)[nH]2)cc1. The van der Waals surface area contributed by atoms with E-state index in [-0.39, 0.29) is 0 Å². The molecule has 0 radical (unpaired) electrons. The minimum Gasteiger partial charge on any atom is -0.337 e. The highest BCUT2D eigenvalue weighted by Gasteiger charge is 2.19. The molecule has 0 atom stereocenters. The summed E-state index contributed by atoms with van der Waals surface area (Å²) in [5, 5.41) is 13.0. The molecule has 0 aliphatic carbocycles. The van der Waals surface area contributed by atoms with Gasteiger partial charge in [-0.05, 0) is 42.5 Å². The fourth-order valence-electron chi connectivity index (χ4n) is 3.19. The Kier molecular flexibility index (Phi) is 4.34. The number of aromatic amines is 1. The predicted octanol–water partition coefficient (Wildman–Crippen LogP) is 5.48. The molecule has 0 bridgehead atoms. The van der Waals surface area contributed by atoms with Crippen molar-refractivity contribution in [2.75, 3.05) is 0 Å². The van der Waals surface area contributed by atoms with E-state index < -0.39 is 6.55 Å². The van der Waals surface area contributed by atoms with Crippen LogP contribution in [0, 0.1) is 11.3 Å². The topological polar surface area (TPSA) is 83.2 Å². The Hall–Kier alpha value is -3.90. The van der Waals surface area contributed by atoms with Gasteiger partial charge in [-0.25, -0.2) is 14.6 Å². The van der Waals surface area contributed by atoms with Crippen LogP contribution in [-0.2, 0) is 0 Å². The summed E-state index contributed by atoms with van der Waals surface area (Å²) in [6.45, 7) is -2.73. The normalized spacial score (nSPS) is 11.3. The number of nitriles is 1. The first-order chi connectivity index (χ1) is 14.6. The van der Waals surface area contributed by atoms with Gasteiger partial charge in [-0.3, -0.25) is 0 Å². The van der Waals surface area contributed by atoms with Crippen LogP contribution < -0.4 is 0 Å². The van der Waals surface area contributed by atoms with E-state index in [1.165, 1.54) is 23.6 Å². The van der Waals surface area contributed by atoms with Gasteiger partial charge in [0.05, 0.1) is 33.1 Å². The Balaban J connectivity index is 1.67. The van der Waals surface area contributed by atoms with E-state index in [0.29, 0.717) is 33.2 Å². The van der Waals surface area contributed by atoms with Gasteiger partial charge in [0.2, 0.25) is 0 Å². The summed E-state index contributed by atoms with van der Waals surface area (Å²) < 4.78 is 27.7. The number of alkyl halides is 2. The number of nitrogens with zero attached hydrogens (tertiary/aromatic N) is 5. The highest BCUT2D eigenvalue weighted by Crippen LogP contribution is 2.34. The summed E-state index contributed by atoms with van der Waals surface area (Å²) >= 11 is 1.52. The number of thiazole rings is 1. The van der Waals surface area contributed by atoms with Gasteiger partial charge in [-0.15, -0.1) is 11.3 Å². The molecule has 0 spiro atoms. The fraction of sp³-hybridized carbons (Fsp3) is 0.0476. The van der Waals surface area contributed by atoms with Crippen molar-refractivity contribution >= 4 is 21.6 Å². The summed E-state index contributed by atoms with van der Waals surface area (Å²) in [6, 6.07) is 16.4. The zero-order valence-electron chi connectivity index (χ0n) is 15.3. The van der Waals surface area contributed by atoms with Crippen LogP contribution in [0.4, 0.5) is 8.78 Å². The molecule has 1 N–H and O–H groups in total. The van der Waals surface area contributed by atoms with Gasteiger partial charge in [-0.1, -0.05) is 6.07 Å². The first kappa shape index (κ1) is 18.1. The van der Waals surface area contributed by atoms with Crippen LogP contribution in [0.1, 0.15) is 12.1 Å². The van der Waals surface area contributed by atoms with Crippen LogP contribution in [0.3, 0.4) is 0 Å². The molecule has 2 aromatic carbocycles. The van der Waals surface area contributed by atoms with Crippen LogP contribution in [-0.4, -0.2) is 24.7 Å². The molecule has 5 aromatic rings. The molecule has 0 fully saturated rings. The highest BCUT2D eigenvalue weighted by molar-refractivity contribution is 7.16. The van der Waals surface area contributed by atoms with E-state index in [9.17, 15) is 8.78 Å². The molecule has 146 valence electrons. The number of imidazole rings is 1. The second-order valence-electron chi connectivity index (χ2n) is 6.49. The monoisotopic (exact) mass is 418 g/mol. The van der Waals surface area contributed by atoms with E-state index in [2.05, 4.69) is 26.1 Å². The largest absolute Gasteiger partial charge is 0.337 e. The van der Waals surface area contributed by atoms with Gasteiger partial charge in [0, 0.05) is 17.3 Å². The molecule has 0 aliphatic heterocycles. The molecule has 3 aromatic heterocycles. The quantitative estimate of drug-likeness (QED) is 0.419. The van der Waals surface area contributed by atoms with E-state index in [1.807, 2.05) is 18.2 Å². The maximum Gasteiger partial charge on any atom is 0.333 e. The first-order valence-corrected chi connectivity index (χ1v) is 9.78. The third kappa shape index (κ3) is 3.13. The van der Waals surface area contributed by atoms with Gasteiger partial charge in [0.15, 0.2) is 0 Å². The molecular weight excluding hydrogens is 406 g/mol. The lowest BCUT2D eigenvalue weighted by atomic mass is 10.1. The summed E-state index contributed by atoms with van der Waals surface area (Å²) in [5.41, 5.74) is 6.30. The Morgan fingerprint density at radius 1 is 1.07 bits per heavy atom. The van der Waals surface area contributed by atoms with E-state index in [4.69, 9.17) is 5.26 Å². The molecule has 0 saturated carbocycles. The Morgan fingerprint density at radius 3 is 2.60 bits per heavy atom. The van der Waals surface area contributed by atoms with E-state index in [0.717, 1.165) is 21.3 Å². The molecule has 5 rings (SSSR count). The molecule has 6 nitrogen and oxygen atoms in total. The minimum atomic E-state index is -2.73. The number of rotatable bonds is 4. The van der Waals surface area contributed by atoms with Gasteiger partial charge in [0.25, 0.3) is 0 Å². The van der Waals surface area contributed by atoms with Crippen LogP contribution in [0.5, 0.6) is 0 Å². The van der Waals surface area contributed by atoms with Crippen molar-refractivity contribution in [2.24, 2.45) is 0 Å². The number of nitrogens with one attached hydrogen (secondary N) is 1. The van der Waals surface area contributed by atoms with Crippen molar-refractivity contribution in [2.45, 2.75) is 6.55 Å². The van der Waals surface area contributed by atoms with Crippen molar-refractivity contribution in [1.29, 1.82) is 5.26 Å². The van der Waals surface area contributed by atoms with Crippen LogP contribution >= 0.6 is 11.3 Å². The number of benzene rings is 2. The second-order valence-corrected chi connectivity index (χ2v) is 7.38. The van der Waals surface area contributed by atoms with Crippen LogP contribution in [0.2, 0.25) is 0 Å². The predicted molar refractivity (Wildman–Crippen MR) is 110 cm³/mol. The van der Waals surface area contributed by atoms with Gasteiger partial charge in [0.1, 0.15) is 17.2 Å². The smallest absolute Gasteiger partial charge is 0.333 e. The molecule has 0 amide bonds. The highest BCUT2D eigenvalue weighted by atomic mass is 32.1. The maximum absolute atomic E-state index is 13.0. The number of aromatic nitrogens is 5. The third-order valence-electron chi connectivity index (χ3n) is 4.66. The van der Waals surface area contributed by atoms with Crippen molar-refractivity contribution in [3.8, 4) is 40.1 Å². The lowest BCUT2D eigenvalue weighted by Crippen LogP contribution is -1.98. The van der Waals surface area contributed by atoms with Crippen molar-refractivity contribution < 1.29 is 8.78 Å². The van der Waals surface area contributed by atoms with Gasteiger partial charge >= 0.3 is 6.55 Å². The summed E-state index contributed by atoms with van der Waals surface area (Å²) in [7, 11) is 0. The Morgan fingerprint density at radius 2 is 1.87 bits per heavy atom. The van der Waals surface area contributed by atoms with Crippen molar-refractivity contribution in [1.82, 2.24) is 24.7 Å². The van der Waals surface area contributed by atoms with Crippen LogP contribution in [0.15, 0.2) is 60.2 Å². The summed E-state index contributed by atoms with van der Waals surface area (Å²) in [4.78, 5) is 12.2. The molecule has 9 heteroatoms.